The summed E-state index contributed by atoms with van der Waals surface area (Å²) in [6, 6.07) is 8.30. The number of rotatable bonds is 4. The van der Waals surface area contributed by atoms with E-state index in [1.54, 1.807) is 12.1 Å². The number of hydrogen-bond donors (Lipinski definition) is 2. The third-order valence-electron chi connectivity index (χ3n) is 4.17. The van der Waals surface area contributed by atoms with Crippen molar-refractivity contribution in [3.63, 3.8) is 0 Å². The van der Waals surface area contributed by atoms with Gasteiger partial charge in [0.1, 0.15) is 5.69 Å². The Kier molecular flexibility index (Phi) is 4.92. The highest BCUT2D eigenvalue weighted by Crippen LogP contribution is 2.30. The molecule has 25 heavy (non-hydrogen) atoms. The second-order valence-electron chi connectivity index (χ2n) is 6.09. The highest BCUT2D eigenvalue weighted by atomic mass is 19.4. The summed E-state index contributed by atoms with van der Waals surface area (Å²) in [6.45, 7) is 0. The average Bonchev–Trinajstić information content (AvgIpc) is 3.07. The molecule has 0 spiro atoms. The maximum atomic E-state index is 12.7. The Morgan fingerprint density at radius 2 is 1.84 bits per heavy atom. The molecule has 0 radical (unpaired) electrons. The fourth-order valence-corrected chi connectivity index (χ4v) is 2.92. The van der Waals surface area contributed by atoms with Crippen LogP contribution in [0.1, 0.15) is 41.7 Å². The van der Waals surface area contributed by atoms with Gasteiger partial charge in [-0.05, 0) is 43.2 Å². The largest absolute Gasteiger partial charge is 0.416 e. The summed E-state index contributed by atoms with van der Waals surface area (Å²) >= 11 is 0. The van der Waals surface area contributed by atoms with E-state index in [2.05, 4.69) is 15.6 Å². The van der Waals surface area contributed by atoms with Gasteiger partial charge in [0.15, 0.2) is 0 Å². The lowest BCUT2D eigenvalue weighted by atomic mass is 10.2. The van der Waals surface area contributed by atoms with Gasteiger partial charge >= 0.3 is 6.18 Å². The number of pyridine rings is 1. The molecule has 1 aliphatic carbocycles. The lowest BCUT2D eigenvalue weighted by Crippen LogP contribution is -2.17. The topological polar surface area (TPSA) is 54.0 Å². The van der Waals surface area contributed by atoms with Crippen LogP contribution in [-0.2, 0) is 6.18 Å². The third kappa shape index (κ3) is 4.49. The Morgan fingerprint density at radius 3 is 2.56 bits per heavy atom. The summed E-state index contributed by atoms with van der Waals surface area (Å²) in [7, 11) is 0. The predicted octanol–water partition coefficient (Wildman–Crippen LogP) is 4.71. The van der Waals surface area contributed by atoms with Crippen LogP contribution in [0.25, 0.3) is 0 Å². The first-order valence-corrected chi connectivity index (χ1v) is 8.13. The fraction of sp³-hybridized carbons (Fsp3) is 0.333. The number of nitrogens with zero attached hydrogens (tertiary/aromatic N) is 1. The van der Waals surface area contributed by atoms with Gasteiger partial charge in [-0.3, -0.25) is 9.78 Å². The Balaban J connectivity index is 1.71. The van der Waals surface area contributed by atoms with E-state index in [-0.39, 0.29) is 11.4 Å². The van der Waals surface area contributed by atoms with E-state index in [9.17, 15) is 18.0 Å². The molecule has 3 rings (SSSR count). The minimum Gasteiger partial charge on any atom is -0.382 e. The van der Waals surface area contributed by atoms with Crippen molar-refractivity contribution in [2.45, 2.75) is 37.9 Å². The van der Waals surface area contributed by atoms with Crippen LogP contribution < -0.4 is 10.6 Å². The molecule has 132 valence electrons. The van der Waals surface area contributed by atoms with Gasteiger partial charge in [-0.2, -0.15) is 13.2 Å². The van der Waals surface area contributed by atoms with Crippen molar-refractivity contribution in [1.29, 1.82) is 0 Å². The maximum Gasteiger partial charge on any atom is 0.416 e. The smallest absolute Gasteiger partial charge is 0.382 e. The molecule has 2 N–H and O–H groups in total. The minimum absolute atomic E-state index is 0.0794. The van der Waals surface area contributed by atoms with Crippen LogP contribution in [0.5, 0.6) is 0 Å². The first-order valence-electron chi connectivity index (χ1n) is 8.13. The highest BCUT2D eigenvalue weighted by molar-refractivity contribution is 6.03. The Bertz CT molecular complexity index is 755. The van der Waals surface area contributed by atoms with Gasteiger partial charge in [0.25, 0.3) is 5.91 Å². The molecule has 1 aromatic carbocycles. The number of amides is 1. The van der Waals surface area contributed by atoms with E-state index in [1.807, 2.05) is 0 Å². The van der Waals surface area contributed by atoms with Crippen molar-refractivity contribution >= 4 is 17.3 Å². The minimum atomic E-state index is -4.45. The number of anilines is 2. The average molecular weight is 349 g/mol. The second-order valence-corrected chi connectivity index (χ2v) is 6.09. The van der Waals surface area contributed by atoms with Gasteiger partial charge < -0.3 is 10.6 Å². The third-order valence-corrected chi connectivity index (χ3v) is 4.17. The van der Waals surface area contributed by atoms with E-state index >= 15 is 0 Å². The summed E-state index contributed by atoms with van der Waals surface area (Å²) in [5.41, 5.74) is 0.210. The quantitative estimate of drug-likeness (QED) is 0.841. The molecule has 0 unspecified atom stereocenters. The van der Waals surface area contributed by atoms with Crippen molar-refractivity contribution in [3.8, 4) is 0 Å². The van der Waals surface area contributed by atoms with Crippen molar-refractivity contribution in [2.75, 3.05) is 10.6 Å². The van der Waals surface area contributed by atoms with E-state index in [0.717, 1.165) is 30.7 Å². The Labute approximate surface area is 143 Å². The van der Waals surface area contributed by atoms with Crippen LogP contribution in [0, 0.1) is 0 Å². The van der Waals surface area contributed by atoms with Gasteiger partial charge in [-0.15, -0.1) is 0 Å². The molecule has 2 aromatic rings. The molecule has 0 bridgehead atoms. The van der Waals surface area contributed by atoms with Gasteiger partial charge in [0.2, 0.25) is 0 Å². The Hall–Kier alpha value is -2.57. The van der Waals surface area contributed by atoms with Gasteiger partial charge in [-0.1, -0.05) is 18.9 Å². The molecule has 1 aromatic heterocycles. The molecular formula is C18H18F3N3O. The lowest BCUT2D eigenvalue weighted by Gasteiger charge is -2.14. The maximum absolute atomic E-state index is 12.7. The van der Waals surface area contributed by atoms with Crippen LogP contribution in [0.2, 0.25) is 0 Å². The summed E-state index contributed by atoms with van der Waals surface area (Å²) in [6.07, 6.45) is 1.61. The zero-order chi connectivity index (χ0) is 17.9. The first kappa shape index (κ1) is 17.3. The zero-order valence-electron chi connectivity index (χ0n) is 13.4. The van der Waals surface area contributed by atoms with Gasteiger partial charge in [0, 0.05) is 23.6 Å². The van der Waals surface area contributed by atoms with Crippen LogP contribution >= 0.6 is 0 Å². The molecular weight excluding hydrogens is 331 g/mol. The number of alkyl halides is 3. The number of hydrogen-bond acceptors (Lipinski definition) is 3. The van der Waals surface area contributed by atoms with Gasteiger partial charge in [-0.25, -0.2) is 0 Å². The van der Waals surface area contributed by atoms with E-state index in [4.69, 9.17) is 0 Å². The molecule has 1 fully saturated rings. The standard InChI is InChI=1S/C18H18F3N3O/c19-18(20,21)12-4-3-7-14(10-12)24-17(25)16-11-15(8-9-22-16)23-13-5-1-2-6-13/h3-4,7-11,13H,1-2,5-6H2,(H,22,23)(H,24,25). The molecule has 0 atom stereocenters. The van der Waals surface area contributed by atoms with E-state index in [1.165, 1.54) is 31.2 Å². The molecule has 0 aliphatic heterocycles. The highest BCUT2D eigenvalue weighted by Gasteiger charge is 2.30. The van der Waals surface area contributed by atoms with Crippen molar-refractivity contribution in [1.82, 2.24) is 4.98 Å². The number of benzene rings is 1. The molecule has 4 nitrogen and oxygen atoms in total. The number of carbonyl (C=O) groups excluding carboxylic acids is 1. The van der Waals surface area contributed by atoms with E-state index in [0.29, 0.717) is 6.04 Å². The van der Waals surface area contributed by atoms with Crippen molar-refractivity contribution in [2.24, 2.45) is 0 Å². The SMILES string of the molecule is O=C(Nc1cccc(C(F)(F)F)c1)c1cc(NC2CCCC2)ccn1. The lowest BCUT2D eigenvalue weighted by molar-refractivity contribution is -0.137. The van der Waals surface area contributed by atoms with Crippen LogP contribution in [0.4, 0.5) is 24.5 Å². The van der Waals surface area contributed by atoms with Crippen LogP contribution in [0.15, 0.2) is 42.6 Å². The molecule has 1 amide bonds. The summed E-state index contributed by atoms with van der Waals surface area (Å²) in [4.78, 5) is 16.3. The molecule has 7 heteroatoms. The van der Waals surface area contributed by atoms with Crippen LogP contribution in [-0.4, -0.2) is 16.9 Å². The molecule has 1 saturated carbocycles. The van der Waals surface area contributed by atoms with Gasteiger partial charge in [0.05, 0.1) is 5.56 Å². The summed E-state index contributed by atoms with van der Waals surface area (Å²) in [5, 5.41) is 5.82. The number of nitrogens with one attached hydrogen (secondary N) is 2. The fourth-order valence-electron chi connectivity index (χ4n) is 2.92. The first-order chi connectivity index (χ1) is 11.9. The molecule has 0 saturated heterocycles. The molecule has 1 aliphatic rings. The van der Waals surface area contributed by atoms with Crippen molar-refractivity contribution in [3.05, 3.63) is 53.9 Å². The normalized spacial score (nSPS) is 15.2. The number of carbonyl (C=O) groups is 1. The summed E-state index contributed by atoms with van der Waals surface area (Å²) in [5.74, 6) is -0.547. The number of halogens is 3. The second kappa shape index (κ2) is 7.13. The summed E-state index contributed by atoms with van der Waals surface area (Å²) < 4.78 is 38.2. The number of aromatic nitrogens is 1. The monoisotopic (exact) mass is 349 g/mol. The zero-order valence-corrected chi connectivity index (χ0v) is 13.4. The van der Waals surface area contributed by atoms with Crippen molar-refractivity contribution < 1.29 is 18.0 Å². The van der Waals surface area contributed by atoms with E-state index < -0.39 is 17.6 Å². The van der Waals surface area contributed by atoms with Crippen LogP contribution in [0.3, 0.4) is 0 Å². The predicted molar refractivity (Wildman–Crippen MR) is 89.5 cm³/mol. The Morgan fingerprint density at radius 1 is 1.08 bits per heavy atom. The molecule has 1 heterocycles.